The van der Waals surface area contributed by atoms with E-state index < -0.39 is 5.97 Å². The second kappa shape index (κ2) is 15.2. The summed E-state index contributed by atoms with van der Waals surface area (Å²) in [4.78, 5) is 34.5. The maximum atomic E-state index is 15.5. The van der Waals surface area contributed by atoms with Crippen molar-refractivity contribution >= 4 is 62.6 Å². The van der Waals surface area contributed by atoms with Crippen molar-refractivity contribution in [2.45, 2.75) is 60.0 Å². The summed E-state index contributed by atoms with van der Waals surface area (Å²) < 4.78 is 17.9. The molecule has 4 aromatic heterocycles. The summed E-state index contributed by atoms with van der Waals surface area (Å²) in [5.74, 6) is -0.116. The highest BCUT2D eigenvalue weighted by molar-refractivity contribution is 6.35. The molecular weight excluding hydrogens is 775 g/mol. The first kappa shape index (κ1) is 39.1. The zero-order chi connectivity index (χ0) is 41.2. The van der Waals surface area contributed by atoms with Crippen LogP contribution in [0.15, 0.2) is 67.0 Å². The van der Waals surface area contributed by atoms with Gasteiger partial charge in [-0.25, -0.2) is 4.79 Å². The average Bonchev–Trinajstić information content (AvgIpc) is 3.82. The van der Waals surface area contributed by atoms with E-state index in [0.29, 0.717) is 65.6 Å². The van der Waals surface area contributed by atoms with E-state index in [-0.39, 0.29) is 17.5 Å². The van der Waals surface area contributed by atoms with Crippen molar-refractivity contribution in [1.82, 2.24) is 23.9 Å². The smallest absolute Gasteiger partial charge is 0.337 e. The Kier molecular flexibility index (Phi) is 10.2. The molecule has 0 radical (unpaired) electrons. The summed E-state index contributed by atoms with van der Waals surface area (Å²) in [6.07, 6.45) is 4.48. The number of hydrogen-bond donors (Lipinski definition) is 1. The Labute approximate surface area is 346 Å². The first-order chi connectivity index (χ1) is 27.8. The van der Waals surface area contributed by atoms with Crippen LogP contribution in [0.1, 0.15) is 74.0 Å². The zero-order valence-corrected chi connectivity index (χ0v) is 35.0. The highest BCUT2D eigenvalue weighted by Crippen LogP contribution is 2.46. The van der Waals surface area contributed by atoms with Crippen LogP contribution in [-0.4, -0.2) is 61.1 Å². The molecule has 298 valence electrons. The molecule has 1 unspecified atom stereocenters. The minimum Gasteiger partial charge on any atom is -0.497 e. The number of carbonyl (C=O) groups excluding carboxylic acids is 1. The van der Waals surface area contributed by atoms with E-state index in [0.717, 1.165) is 66.6 Å². The standard InChI is InChI=1S/C45H44Cl2N6O5/c1-24-17-31(18-25(2)40(24)47)58-16-10-12-32-33-13-14-36(46)39(38-27(4)49-50(6)28(38)5)42(33)53-26(3)21-52(44(54)43(32)53)37-20-30(57-7)19-34-35(45(55)56)23-51(41(34)37)22-29-11-8-9-15-48-29/h8-9,11,13-15,17-20,23,26H,10,12,16,21-22H2,1-7H3,(H,55,56). The van der Waals surface area contributed by atoms with Crippen molar-refractivity contribution in [3.63, 3.8) is 0 Å². The second-order valence-corrected chi connectivity index (χ2v) is 15.9. The number of aryl methyl sites for hydroxylation is 5. The molecule has 0 aliphatic carbocycles. The van der Waals surface area contributed by atoms with Crippen LogP contribution in [-0.2, 0) is 20.0 Å². The number of carboxylic acid groups (broad SMARTS) is 1. The largest absolute Gasteiger partial charge is 0.497 e. The maximum Gasteiger partial charge on any atom is 0.337 e. The molecule has 0 saturated heterocycles. The van der Waals surface area contributed by atoms with Gasteiger partial charge in [-0.15, -0.1) is 0 Å². The molecule has 1 aliphatic rings. The lowest BCUT2D eigenvalue weighted by molar-refractivity contribution is 0.0698. The molecule has 1 atom stereocenters. The molecular formula is C45H44Cl2N6O5. The number of methoxy groups -OCH3 is 1. The van der Waals surface area contributed by atoms with Gasteiger partial charge >= 0.3 is 5.97 Å². The first-order valence-corrected chi connectivity index (χ1v) is 20.0. The molecule has 8 rings (SSSR count). The van der Waals surface area contributed by atoms with Crippen molar-refractivity contribution < 1.29 is 24.2 Å². The van der Waals surface area contributed by atoms with Crippen LogP contribution in [0.3, 0.4) is 0 Å². The maximum absolute atomic E-state index is 15.5. The van der Waals surface area contributed by atoms with Crippen LogP contribution in [0.2, 0.25) is 10.0 Å². The van der Waals surface area contributed by atoms with Gasteiger partial charge in [-0.1, -0.05) is 35.3 Å². The van der Waals surface area contributed by atoms with E-state index in [9.17, 15) is 9.90 Å². The van der Waals surface area contributed by atoms with Crippen molar-refractivity contribution in [1.29, 1.82) is 0 Å². The molecule has 0 bridgehead atoms. The van der Waals surface area contributed by atoms with Gasteiger partial charge in [0, 0.05) is 70.7 Å². The normalized spacial score (nSPS) is 14.1. The summed E-state index contributed by atoms with van der Waals surface area (Å²) in [5, 5.41) is 17.8. The summed E-state index contributed by atoms with van der Waals surface area (Å²) in [6, 6.07) is 16.7. The Morgan fingerprint density at radius 1 is 0.966 bits per heavy atom. The van der Waals surface area contributed by atoms with Crippen LogP contribution in [0.5, 0.6) is 11.5 Å². The number of aromatic nitrogens is 5. The number of anilines is 1. The van der Waals surface area contributed by atoms with Crippen LogP contribution in [0.25, 0.3) is 32.9 Å². The Morgan fingerprint density at radius 3 is 2.38 bits per heavy atom. The topological polar surface area (TPSA) is 117 Å². The molecule has 58 heavy (non-hydrogen) atoms. The second-order valence-electron chi connectivity index (χ2n) is 15.1. The molecule has 1 amide bonds. The number of rotatable bonds is 11. The zero-order valence-electron chi connectivity index (χ0n) is 33.5. The summed E-state index contributed by atoms with van der Waals surface area (Å²) in [5.41, 5.74) is 9.78. The first-order valence-electron chi connectivity index (χ1n) is 19.2. The van der Waals surface area contributed by atoms with Crippen molar-refractivity contribution in [2.24, 2.45) is 7.05 Å². The molecule has 11 nitrogen and oxygen atoms in total. The van der Waals surface area contributed by atoms with E-state index in [1.165, 1.54) is 7.11 Å². The number of fused-ring (bicyclic) bond motifs is 4. The third-order valence-corrected chi connectivity index (χ3v) is 12.2. The number of nitrogens with zero attached hydrogens (tertiary/aromatic N) is 6. The van der Waals surface area contributed by atoms with Crippen molar-refractivity contribution in [3.8, 4) is 22.6 Å². The minimum absolute atomic E-state index is 0.103. The van der Waals surface area contributed by atoms with E-state index in [1.807, 2.05) is 92.5 Å². The molecule has 1 aliphatic heterocycles. The molecule has 0 spiro atoms. The lowest BCUT2D eigenvalue weighted by Gasteiger charge is -2.35. The molecule has 7 aromatic rings. The number of carboxylic acids is 1. The number of carbonyl (C=O) groups is 2. The van der Waals surface area contributed by atoms with Crippen LogP contribution >= 0.6 is 23.2 Å². The predicted molar refractivity (Wildman–Crippen MR) is 229 cm³/mol. The average molecular weight is 820 g/mol. The lowest BCUT2D eigenvalue weighted by atomic mass is 9.98. The Morgan fingerprint density at radius 2 is 1.72 bits per heavy atom. The van der Waals surface area contributed by atoms with Crippen LogP contribution in [0.4, 0.5) is 5.69 Å². The quantitative estimate of drug-likeness (QED) is 0.129. The molecule has 1 N–H and O–H groups in total. The SMILES string of the molecule is COc1cc(N2CC(C)n3c(c(CCCOc4cc(C)c(Cl)c(C)c4)c4ccc(Cl)c(-c5c(C)nn(C)c5C)c43)C2=O)c2c(c1)c(C(=O)O)cn2Cc1ccccn1. The van der Waals surface area contributed by atoms with Crippen molar-refractivity contribution in [2.75, 3.05) is 25.2 Å². The molecule has 3 aromatic carbocycles. The minimum atomic E-state index is -1.08. The summed E-state index contributed by atoms with van der Waals surface area (Å²) >= 11 is 13.6. The van der Waals surface area contributed by atoms with Gasteiger partial charge in [0.05, 0.1) is 59.0 Å². The number of ether oxygens (including phenoxy) is 2. The number of halogens is 2. The monoisotopic (exact) mass is 818 g/mol. The van der Waals surface area contributed by atoms with E-state index in [4.69, 9.17) is 37.8 Å². The molecule has 13 heteroatoms. The fourth-order valence-corrected chi connectivity index (χ4v) is 8.97. The highest BCUT2D eigenvalue weighted by atomic mass is 35.5. The van der Waals surface area contributed by atoms with Crippen molar-refractivity contribution in [3.05, 3.63) is 122 Å². The lowest BCUT2D eigenvalue weighted by Crippen LogP contribution is -2.43. The highest BCUT2D eigenvalue weighted by Gasteiger charge is 2.38. The summed E-state index contributed by atoms with van der Waals surface area (Å²) in [6.45, 7) is 11.0. The van der Waals surface area contributed by atoms with Crippen LogP contribution < -0.4 is 14.4 Å². The Bertz CT molecular complexity index is 2760. The van der Waals surface area contributed by atoms with Gasteiger partial charge in [0.25, 0.3) is 5.91 Å². The fourth-order valence-electron chi connectivity index (χ4n) is 8.61. The van der Waals surface area contributed by atoms with Crippen LogP contribution in [0, 0.1) is 27.7 Å². The van der Waals surface area contributed by atoms with E-state index in [2.05, 4.69) is 16.5 Å². The van der Waals surface area contributed by atoms with Gasteiger partial charge in [-0.2, -0.15) is 5.10 Å². The Balaban J connectivity index is 1.31. The predicted octanol–water partition coefficient (Wildman–Crippen LogP) is 9.92. The third-order valence-electron chi connectivity index (χ3n) is 11.3. The number of hydrogen-bond acceptors (Lipinski definition) is 6. The number of aromatic carboxylic acids is 1. The molecule has 0 fully saturated rings. The third kappa shape index (κ3) is 6.56. The number of pyridine rings is 1. The van der Waals surface area contributed by atoms with Gasteiger partial charge in [0.2, 0.25) is 0 Å². The number of benzene rings is 3. The fraction of sp³-hybridized carbons (Fsp3) is 0.289. The van der Waals surface area contributed by atoms with Gasteiger partial charge < -0.3 is 28.6 Å². The van der Waals surface area contributed by atoms with Gasteiger partial charge in [0.15, 0.2) is 0 Å². The number of amides is 1. The Hall–Kier alpha value is -5.78. The molecule has 0 saturated carbocycles. The molecule has 5 heterocycles. The van der Waals surface area contributed by atoms with E-state index >= 15 is 4.79 Å². The van der Waals surface area contributed by atoms with Gasteiger partial charge in [0.1, 0.15) is 17.2 Å². The van der Waals surface area contributed by atoms with Gasteiger partial charge in [-0.05, 0) is 101 Å². The summed E-state index contributed by atoms with van der Waals surface area (Å²) in [7, 11) is 3.45. The van der Waals surface area contributed by atoms with E-state index in [1.54, 1.807) is 23.4 Å². The van der Waals surface area contributed by atoms with Gasteiger partial charge in [-0.3, -0.25) is 14.5 Å².